The minimum atomic E-state index is 1.03. The zero-order valence-electron chi connectivity index (χ0n) is 16.8. The normalized spacial score (nSPS) is 15.4. The molecular formula is C24H36N2S. The highest BCUT2D eigenvalue weighted by Crippen LogP contribution is 2.13. The predicted octanol–water partition coefficient (Wildman–Crippen LogP) is 5.40. The van der Waals surface area contributed by atoms with Crippen LogP contribution in [-0.4, -0.2) is 54.0 Å². The molecule has 0 spiro atoms. The van der Waals surface area contributed by atoms with Crippen LogP contribution >= 0.6 is 11.8 Å². The van der Waals surface area contributed by atoms with Crippen LogP contribution < -0.4 is 0 Å². The molecule has 2 rings (SSSR count). The third kappa shape index (κ3) is 9.46. The maximum absolute atomic E-state index is 3.88. The molecule has 1 saturated heterocycles. The first-order valence-electron chi connectivity index (χ1n) is 10.3. The molecule has 1 fully saturated rings. The topological polar surface area (TPSA) is 6.48 Å². The molecule has 27 heavy (non-hydrogen) atoms. The molecule has 0 unspecified atom stereocenters. The van der Waals surface area contributed by atoms with Crippen LogP contribution in [0, 0.1) is 0 Å². The van der Waals surface area contributed by atoms with E-state index in [1.807, 2.05) is 23.9 Å². The fourth-order valence-corrected chi connectivity index (χ4v) is 4.47. The number of benzene rings is 1. The SMILES string of the molecule is C=C/C=C(\C=C)CSCCCN(CCCN1CCCC1)Cc1ccccc1. The van der Waals surface area contributed by atoms with Gasteiger partial charge in [-0.3, -0.25) is 4.90 Å². The fourth-order valence-electron chi connectivity index (χ4n) is 3.54. The largest absolute Gasteiger partial charge is 0.303 e. The zero-order valence-corrected chi connectivity index (χ0v) is 17.6. The Morgan fingerprint density at radius 2 is 1.81 bits per heavy atom. The molecule has 0 aliphatic carbocycles. The van der Waals surface area contributed by atoms with Crippen molar-refractivity contribution in [1.29, 1.82) is 0 Å². The zero-order chi connectivity index (χ0) is 19.2. The monoisotopic (exact) mass is 384 g/mol. The summed E-state index contributed by atoms with van der Waals surface area (Å²) in [5.74, 6) is 2.23. The predicted molar refractivity (Wildman–Crippen MR) is 122 cm³/mol. The number of rotatable bonds is 14. The maximum Gasteiger partial charge on any atom is 0.0233 e. The lowest BCUT2D eigenvalue weighted by Crippen LogP contribution is -2.29. The summed E-state index contributed by atoms with van der Waals surface area (Å²) in [6.07, 6.45) is 11.1. The highest BCUT2D eigenvalue weighted by atomic mass is 32.2. The number of hydrogen-bond acceptors (Lipinski definition) is 3. The van der Waals surface area contributed by atoms with Gasteiger partial charge < -0.3 is 4.90 Å². The average molecular weight is 385 g/mol. The molecule has 0 bridgehead atoms. The molecule has 0 amide bonds. The lowest BCUT2D eigenvalue weighted by molar-refractivity contribution is 0.239. The van der Waals surface area contributed by atoms with Gasteiger partial charge in [-0.25, -0.2) is 0 Å². The van der Waals surface area contributed by atoms with Crippen LogP contribution in [0.2, 0.25) is 0 Å². The number of thioether (sulfide) groups is 1. The molecular weight excluding hydrogens is 348 g/mol. The van der Waals surface area contributed by atoms with E-state index in [0.29, 0.717) is 0 Å². The quantitative estimate of drug-likeness (QED) is 0.313. The average Bonchev–Trinajstić information content (AvgIpc) is 3.21. The van der Waals surface area contributed by atoms with Gasteiger partial charge >= 0.3 is 0 Å². The standard InChI is InChI=1S/C24H36N2S/c1-3-12-23(4-2)22-27-20-11-19-26(21-24-13-6-5-7-14-24)18-10-17-25-15-8-9-16-25/h3-7,12-14H,1-2,8-11,15-22H2/b23-12+. The van der Waals surface area contributed by atoms with Gasteiger partial charge in [0, 0.05) is 12.3 Å². The van der Waals surface area contributed by atoms with E-state index in [4.69, 9.17) is 0 Å². The molecule has 0 saturated carbocycles. The van der Waals surface area contributed by atoms with Crippen LogP contribution in [0.1, 0.15) is 31.2 Å². The third-order valence-corrected chi connectivity index (χ3v) is 6.14. The highest BCUT2D eigenvalue weighted by Gasteiger charge is 2.12. The van der Waals surface area contributed by atoms with E-state index in [1.54, 1.807) is 0 Å². The van der Waals surface area contributed by atoms with Gasteiger partial charge in [-0.1, -0.05) is 61.7 Å². The second kappa shape index (κ2) is 13.8. The second-order valence-electron chi connectivity index (χ2n) is 7.25. The molecule has 3 heteroatoms. The fraction of sp³-hybridized carbons (Fsp3) is 0.500. The third-order valence-electron chi connectivity index (χ3n) is 5.02. The van der Waals surface area contributed by atoms with E-state index in [1.165, 1.54) is 75.3 Å². The lowest BCUT2D eigenvalue weighted by Gasteiger charge is -2.24. The van der Waals surface area contributed by atoms with Crippen molar-refractivity contribution in [3.8, 4) is 0 Å². The van der Waals surface area contributed by atoms with E-state index in [9.17, 15) is 0 Å². The molecule has 1 aliphatic rings. The van der Waals surface area contributed by atoms with Gasteiger partial charge in [-0.05, 0) is 75.3 Å². The minimum Gasteiger partial charge on any atom is -0.303 e. The van der Waals surface area contributed by atoms with E-state index >= 15 is 0 Å². The number of likely N-dealkylation sites (tertiary alicyclic amines) is 1. The van der Waals surface area contributed by atoms with E-state index in [0.717, 1.165) is 12.3 Å². The molecule has 0 aromatic heterocycles. The van der Waals surface area contributed by atoms with Crippen LogP contribution in [0.3, 0.4) is 0 Å². The molecule has 148 valence electrons. The van der Waals surface area contributed by atoms with Crippen molar-refractivity contribution in [1.82, 2.24) is 9.80 Å². The molecule has 0 N–H and O–H groups in total. The Bertz CT molecular complexity index is 561. The summed E-state index contributed by atoms with van der Waals surface area (Å²) in [4.78, 5) is 5.26. The van der Waals surface area contributed by atoms with Crippen molar-refractivity contribution in [2.24, 2.45) is 0 Å². The Labute approximate surface area is 171 Å². The summed E-state index contributed by atoms with van der Waals surface area (Å²) in [7, 11) is 0. The molecule has 2 nitrogen and oxygen atoms in total. The van der Waals surface area contributed by atoms with Gasteiger partial charge in [0.05, 0.1) is 0 Å². The number of allylic oxidation sites excluding steroid dienone is 3. The summed E-state index contributed by atoms with van der Waals surface area (Å²) in [5.41, 5.74) is 2.69. The first-order valence-corrected chi connectivity index (χ1v) is 11.5. The van der Waals surface area contributed by atoms with Gasteiger partial charge in [-0.2, -0.15) is 11.8 Å². The second-order valence-corrected chi connectivity index (χ2v) is 8.36. The lowest BCUT2D eigenvalue weighted by atomic mass is 10.2. The summed E-state index contributed by atoms with van der Waals surface area (Å²) < 4.78 is 0. The highest BCUT2D eigenvalue weighted by molar-refractivity contribution is 7.99. The van der Waals surface area contributed by atoms with Crippen molar-refractivity contribution in [2.45, 2.75) is 32.2 Å². The molecule has 1 heterocycles. The van der Waals surface area contributed by atoms with Gasteiger partial charge in [0.15, 0.2) is 0 Å². The van der Waals surface area contributed by atoms with Crippen molar-refractivity contribution in [3.63, 3.8) is 0 Å². The van der Waals surface area contributed by atoms with Crippen LogP contribution in [0.5, 0.6) is 0 Å². The first kappa shape index (κ1) is 22.0. The van der Waals surface area contributed by atoms with Crippen molar-refractivity contribution < 1.29 is 0 Å². The van der Waals surface area contributed by atoms with Gasteiger partial charge in [0.2, 0.25) is 0 Å². The van der Waals surface area contributed by atoms with Crippen molar-refractivity contribution in [2.75, 3.05) is 44.2 Å². The number of hydrogen-bond donors (Lipinski definition) is 0. The van der Waals surface area contributed by atoms with E-state index in [-0.39, 0.29) is 0 Å². The molecule has 1 aliphatic heterocycles. The Balaban J connectivity index is 1.72. The Morgan fingerprint density at radius 3 is 2.52 bits per heavy atom. The Kier molecular flexibility index (Phi) is 11.3. The van der Waals surface area contributed by atoms with Crippen LogP contribution in [0.25, 0.3) is 0 Å². The summed E-state index contributed by atoms with van der Waals surface area (Å²) >= 11 is 2.00. The Hall–Kier alpha value is -1.29. The summed E-state index contributed by atoms with van der Waals surface area (Å²) in [5, 5.41) is 0. The minimum absolute atomic E-state index is 1.03. The van der Waals surface area contributed by atoms with E-state index < -0.39 is 0 Å². The van der Waals surface area contributed by atoms with Gasteiger partial charge in [0.1, 0.15) is 0 Å². The maximum atomic E-state index is 3.88. The molecule has 1 aromatic carbocycles. The smallest absolute Gasteiger partial charge is 0.0233 e. The molecule has 1 aromatic rings. The van der Waals surface area contributed by atoms with Crippen molar-refractivity contribution in [3.05, 3.63) is 72.9 Å². The molecule has 0 radical (unpaired) electrons. The van der Waals surface area contributed by atoms with Crippen LogP contribution in [0.4, 0.5) is 0 Å². The summed E-state index contributed by atoms with van der Waals surface area (Å²) in [6.45, 7) is 15.0. The Morgan fingerprint density at radius 1 is 1.07 bits per heavy atom. The van der Waals surface area contributed by atoms with Gasteiger partial charge in [0.25, 0.3) is 0 Å². The van der Waals surface area contributed by atoms with E-state index in [2.05, 4.69) is 59.4 Å². The summed E-state index contributed by atoms with van der Waals surface area (Å²) in [6, 6.07) is 10.9. The molecule has 0 atom stereocenters. The first-order chi connectivity index (χ1) is 13.3. The van der Waals surface area contributed by atoms with Gasteiger partial charge in [-0.15, -0.1) is 0 Å². The van der Waals surface area contributed by atoms with Crippen molar-refractivity contribution >= 4 is 11.8 Å². The van der Waals surface area contributed by atoms with Crippen LogP contribution in [0.15, 0.2) is 67.3 Å². The number of nitrogens with zero attached hydrogens (tertiary/aromatic N) is 2. The van der Waals surface area contributed by atoms with Crippen LogP contribution in [-0.2, 0) is 6.54 Å².